The zero-order chi connectivity index (χ0) is 16.6. The van der Waals surface area contributed by atoms with Gasteiger partial charge in [-0.1, -0.05) is 12.1 Å². The third kappa shape index (κ3) is 3.24. The highest BCUT2D eigenvalue weighted by molar-refractivity contribution is 5.80. The topological polar surface area (TPSA) is 30.9 Å². The first kappa shape index (κ1) is 15.8. The van der Waals surface area contributed by atoms with Crippen LogP contribution in [0.25, 0.3) is 0 Å². The molecule has 0 spiro atoms. The minimum absolute atomic E-state index is 0.624. The summed E-state index contributed by atoms with van der Waals surface area (Å²) >= 11 is 0. The second-order valence-electron chi connectivity index (χ2n) is 7.85. The van der Waals surface area contributed by atoms with Gasteiger partial charge in [0.1, 0.15) is 0 Å². The molecule has 0 aromatic heterocycles. The van der Waals surface area contributed by atoms with Crippen LogP contribution in [0.5, 0.6) is 0 Å². The van der Waals surface area contributed by atoms with Gasteiger partial charge in [0.25, 0.3) is 0 Å². The Kier molecular flexibility index (Phi) is 4.15. The van der Waals surface area contributed by atoms with E-state index in [0.29, 0.717) is 5.41 Å². The van der Waals surface area contributed by atoms with Gasteiger partial charge < -0.3 is 15.1 Å². The van der Waals surface area contributed by atoms with Crippen molar-refractivity contribution in [1.29, 1.82) is 0 Å². The second kappa shape index (κ2) is 6.30. The number of nitrogens with zero attached hydrogens (tertiary/aromatic N) is 3. The lowest BCUT2D eigenvalue weighted by atomic mass is 10.0. The van der Waals surface area contributed by atoms with Crippen LogP contribution in [0.15, 0.2) is 29.3 Å². The number of aryl methyl sites for hydroxylation is 1. The summed E-state index contributed by atoms with van der Waals surface area (Å²) < 4.78 is 0. The van der Waals surface area contributed by atoms with Crippen LogP contribution in [-0.4, -0.2) is 50.6 Å². The number of piperazine rings is 1. The van der Waals surface area contributed by atoms with E-state index in [9.17, 15) is 0 Å². The molecule has 0 radical (unpaired) electrons. The molecule has 0 bridgehead atoms. The molecule has 3 aliphatic rings. The van der Waals surface area contributed by atoms with Crippen molar-refractivity contribution < 1.29 is 0 Å². The molecule has 24 heavy (non-hydrogen) atoms. The van der Waals surface area contributed by atoms with Crippen molar-refractivity contribution in [2.24, 2.45) is 16.3 Å². The SMILES string of the molecule is CN=C(NCC1(C2CC2)CC1)N1CCN(c2cccc(C)c2)CC1. The number of rotatable bonds is 4. The maximum Gasteiger partial charge on any atom is 0.193 e. The van der Waals surface area contributed by atoms with Crippen LogP contribution in [0.4, 0.5) is 5.69 Å². The third-order valence-corrected chi connectivity index (χ3v) is 6.09. The van der Waals surface area contributed by atoms with E-state index < -0.39 is 0 Å². The summed E-state index contributed by atoms with van der Waals surface area (Å²) in [5, 5.41) is 3.68. The predicted octanol–water partition coefficient (Wildman–Crippen LogP) is 2.88. The predicted molar refractivity (Wildman–Crippen MR) is 101 cm³/mol. The van der Waals surface area contributed by atoms with Crippen molar-refractivity contribution in [3.8, 4) is 0 Å². The van der Waals surface area contributed by atoms with Gasteiger partial charge in [-0.05, 0) is 61.6 Å². The van der Waals surface area contributed by atoms with Gasteiger partial charge >= 0.3 is 0 Å². The molecule has 1 aromatic rings. The van der Waals surface area contributed by atoms with Gasteiger partial charge in [0, 0.05) is 45.5 Å². The Hall–Kier alpha value is -1.71. The monoisotopic (exact) mass is 326 g/mol. The van der Waals surface area contributed by atoms with Crippen molar-refractivity contribution in [3.05, 3.63) is 29.8 Å². The van der Waals surface area contributed by atoms with Gasteiger partial charge in [-0.2, -0.15) is 0 Å². The van der Waals surface area contributed by atoms with Crippen LogP contribution in [0.1, 0.15) is 31.2 Å². The average molecular weight is 326 g/mol. The van der Waals surface area contributed by atoms with Crippen LogP contribution in [-0.2, 0) is 0 Å². The number of guanidine groups is 1. The molecule has 0 atom stereocenters. The van der Waals surface area contributed by atoms with Crippen molar-refractivity contribution in [2.75, 3.05) is 44.7 Å². The number of aliphatic imine (C=N–C) groups is 1. The molecule has 1 aromatic carbocycles. The van der Waals surface area contributed by atoms with E-state index in [1.807, 2.05) is 7.05 Å². The molecule has 4 nitrogen and oxygen atoms in total. The van der Waals surface area contributed by atoms with E-state index in [-0.39, 0.29) is 0 Å². The average Bonchev–Trinajstić information content (AvgIpc) is 3.49. The fourth-order valence-electron chi connectivity index (χ4n) is 4.17. The zero-order valence-corrected chi connectivity index (χ0v) is 15.1. The summed E-state index contributed by atoms with van der Waals surface area (Å²) in [4.78, 5) is 9.46. The highest BCUT2D eigenvalue weighted by Gasteiger charge is 2.53. The summed E-state index contributed by atoms with van der Waals surface area (Å²) in [5.74, 6) is 2.10. The number of benzene rings is 1. The maximum absolute atomic E-state index is 4.55. The van der Waals surface area contributed by atoms with Crippen molar-refractivity contribution in [2.45, 2.75) is 32.6 Å². The Bertz CT molecular complexity index is 608. The molecule has 130 valence electrons. The van der Waals surface area contributed by atoms with Crippen LogP contribution in [0, 0.1) is 18.3 Å². The molecular formula is C20H30N4. The van der Waals surface area contributed by atoms with Crippen LogP contribution >= 0.6 is 0 Å². The quantitative estimate of drug-likeness (QED) is 0.682. The minimum atomic E-state index is 0.624. The first-order valence-corrected chi connectivity index (χ1v) is 9.47. The first-order valence-electron chi connectivity index (χ1n) is 9.47. The molecule has 1 N–H and O–H groups in total. The number of anilines is 1. The second-order valence-corrected chi connectivity index (χ2v) is 7.85. The van der Waals surface area contributed by atoms with E-state index in [1.165, 1.54) is 36.9 Å². The third-order valence-electron chi connectivity index (χ3n) is 6.09. The standard InChI is InChI=1S/C20H30N4/c1-16-4-3-5-18(14-16)23-10-12-24(13-11-23)19(21-2)22-15-20(8-9-20)17-6-7-17/h3-5,14,17H,6-13,15H2,1-2H3,(H,21,22). The zero-order valence-electron chi connectivity index (χ0n) is 15.1. The van der Waals surface area contributed by atoms with Crippen molar-refractivity contribution in [3.63, 3.8) is 0 Å². The molecule has 1 aliphatic heterocycles. The Morgan fingerprint density at radius 3 is 2.54 bits per heavy atom. The lowest BCUT2D eigenvalue weighted by molar-refractivity contribution is 0.359. The molecule has 2 saturated carbocycles. The minimum Gasteiger partial charge on any atom is -0.368 e. The number of nitrogens with one attached hydrogen (secondary N) is 1. The summed E-state index contributed by atoms with van der Waals surface area (Å²) in [6.45, 7) is 7.52. The van der Waals surface area contributed by atoms with Gasteiger partial charge in [-0.3, -0.25) is 4.99 Å². The molecule has 0 unspecified atom stereocenters. The fraction of sp³-hybridized carbons (Fsp3) is 0.650. The molecule has 1 saturated heterocycles. The van der Waals surface area contributed by atoms with E-state index in [4.69, 9.17) is 0 Å². The van der Waals surface area contributed by atoms with Gasteiger partial charge in [0.2, 0.25) is 0 Å². The summed E-state index contributed by atoms with van der Waals surface area (Å²) in [6.07, 6.45) is 5.75. The first-order chi connectivity index (χ1) is 11.7. The fourth-order valence-corrected chi connectivity index (χ4v) is 4.17. The molecular weight excluding hydrogens is 296 g/mol. The Morgan fingerprint density at radius 1 is 1.21 bits per heavy atom. The molecule has 3 fully saturated rings. The summed E-state index contributed by atoms with van der Waals surface area (Å²) in [7, 11) is 1.92. The van der Waals surface area contributed by atoms with E-state index in [2.05, 4.69) is 51.3 Å². The largest absolute Gasteiger partial charge is 0.368 e. The van der Waals surface area contributed by atoms with E-state index in [1.54, 1.807) is 0 Å². The number of hydrogen-bond acceptors (Lipinski definition) is 2. The lowest BCUT2D eigenvalue weighted by Gasteiger charge is -2.38. The maximum atomic E-state index is 4.55. The Balaban J connectivity index is 1.31. The highest BCUT2D eigenvalue weighted by Crippen LogP contribution is 2.60. The van der Waals surface area contributed by atoms with Crippen LogP contribution in [0.3, 0.4) is 0 Å². The van der Waals surface area contributed by atoms with Gasteiger partial charge in [-0.25, -0.2) is 0 Å². The molecule has 4 rings (SSSR count). The van der Waals surface area contributed by atoms with Crippen molar-refractivity contribution in [1.82, 2.24) is 10.2 Å². The Labute approximate surface area is 145 Å². The molecule has 0 amide bonds. The van der Waals surface area contributed by atoms with Gasteiger partial charge in [-0.15, -0.1) is 0 Å². The smallest absolute Gasteiger partial charge is 0.193 e. The molecule has 4 heteroatoms. The Morgan fingerprint density at radius 2 is 1.96 bits per heavy atom. The summed E-state index contributed by atoms with van der Waals surface area (Å²) in [5.41, 5.74) is 3.31. The van der Waals surface area contributed by atoms with E-state index >= 15 is 0 Å². The van der Waals surface area contributed by atoms with Gasteiger partial charge in [0.15, 0.2) is 5.96 Å². The van der Waals surface area contributed by atoms with E-state index in [0.717, 1.165) is 44.6 Å². The molecule has 1 heterocycles. The summed E-state index contributed by atoms with van der Waals surface area (Å²) in [6, 6.07) is 8.83. The normalized spacial score (nSPS) is 23.3. The van der Waals surface area contributed by atoms with Crippen LogP contribution < -0.4 is 10.2 Å². The number of hydrogen-bond donors (Lipinski definition) is 1. The van der Waals surface area contributed by atoms with Gasteiger partial charge in [0.05, 0.1) is 0 Å². The van der Waals surface area contributed by atoms with Crippen LogP contribution in [0.2, 0.25) is 0 Å². The highest BCUT2D eigenvalue weighted by atomic mass is 15.3. The lowest BCUT2D eigenvalue weighted by Crippen LogP contribution is -2.53. The van der Waals surface area contributed by atoms with Crippen molar-refractivity contribution >= 4 is 11.6 Å². The molecule has 2 aliphatic carbocycles.